The van der Waals surface area contributed by atoms with Crippen LogP contribution in [0.1, 0.15) is 31.1 Å². The Hall–Kier alpha value is -4.82. The van der Waals surface area contributed by atoms with Gasteiger partial charge in [-0.05, 0) is 43.7 Å². The van der Waals surface area contributed by atoms with Crippen LogP contribution in [0.5, 0.6) is 0 Å². The van der Waals surface area contributed by atoms with Crippen molar-refractivity contribution >= 4 is 23.4 Å². The van der Waals surface area contributed by atoms with Crippen LogP contribution in [0.15, 0.2) is 118 Å². The lowest BCUT2D eigenvalue weighted by Gasteiger charge is -2.24. The van der Waals surface area contributed by atoms with E-state index in [9.17, 15) is 9.59 Å². The molecule has 40 heavy (non-hydrogen) atoms. The predicted molar refractivity (Wildman–Crippen MR) is 156 cm³/mol. The molecule has 1 aliphatic rings. The summed E-state index contributed by atoms with van der Waals surface area (Å²) in [5, 5.41) is 4.88. The van der Waals surface area contributed by atoms with Crippen molar-refractivity contribution in [2.45, 2.75) is 19.9 Å². The summed E-state index contributed by atoms with van der Waals surface area (Å²) in [5.41, 5.74) is 4.91. The first-order valence-corrected chi connectivity index (χ1v) is 13.8. The van der Waals surface area contributed by atoms with Crippen molar-refractivity contribution in [1.82, 2.24) is 14.3 Å². The van der Waals surface area contributed by atoms with Gasteiger partial charge in [0.05, 0.1) is 45.5 Å². The van der Waals surface area contributed by atoms with Gasteiger partial charge in [0.2, 0.25) is 0 Å². The molecule has 0 fully saturated rings. The molecule has 3 aromatic carbocycles. The number of benzene rings is 3. The van der Waals surface area contributed by atoms with Gasteiger partial charge < -0.3 is 4.74 Å². The van der Waals surface area contributed by atoms with E-state index in [1.54, 1.807) is 18.4 Å². The van der Waals surface area contributed by atoms with Crippen molar-refractivity contribution < 1.29 is 9.53 Å². The Labute approximate surface area is 234 Å². The maximum atomic E-state index is 14.0. The summed E-state index contributed by atoms with van der Waals surface area (Å²) in [4.78, 5) is 32.3. The van der Waals surface area contributed by atoms with Crippen LogP contribution in [0, 0.1) is 0 Å². The number of rotatable bonds is 6. The van der Waals surface area contributed by atoms with Crippen molar-refractivity contribution in [3.05, 3.63) is 139 Å². The number of hydrogen-bond acceptors (Lipinski definition) is 6. The zero-order valence-corrected chi connectivity index (χ0v) is 22.8. The number of carbonyl (C=O) groups excluding carboxylic acids is 1. The number of hydrogen-bond donors (Lipinski definition) is 0. The molecule has 0 radical (unpaired) electrons. The van der Waals surface area contributed by atoms with E-state index in [4.69, 9.17) is 9.84 Å². The fourth-order valence-electron chi connectivity index (χ4n) is 4.90. The third-order valence-corrected chi connectivity index (χ3v) is 7.70. The van der Waals surface area contributed by atoms with E-state index in [0.29, 0.717) is 20.6 Å². The van der Waals surface area contributed by atoms with E-state index in [1.807, 2.05) is 108 Å². The van der Waals surface area contributed by atoms with Crippen molar-refractivity contribution in [1.29, 1.82) is 0 Å². The fourth-order valence-corrected chi connectivity index (χ4v) is 5.93. The number of carbonyl (C=O) groups is 1. The van der Waals surface area contributed by atoms with Gasteiger partial charge in [-0.2, -0.15) is 5.10 Å². The van der Waals surface area contributed by atoms with E-state index in [1.165, 1.54) is 11.3 Å². The lowest BCUT2D eigenvalue weighted by molar-refractivity contribution is -0.139. The van der Waals surface area contributed by atoms with E-state index >= 15 is 0 Å². The summed E-state index contributed by atoms with van der Waals surface area (Å²) >= 11 is 1.30. The minimum Gasteiger partial charge on any atom is -0.463 e. The van der Waals surface area contributed by atoms with Crippen LogP contribution in [-0.2, 0) is 9.53 Å². The van der Waals surface area contributed by atoms with Crippen LogP contribution in [0.4, 0.5) is 0 Å². The molecule has 0 bridgehead atoms. The van der Waals surface area contributed by atoms with Gasteiger partial charge in [-0.25, -0.2) is 14.5 Å². The standard InChI is InChI=1S/C32H26N4O3S/c1-3-39-31(38)28-21(2)33-32-35(29(28)23-15-9-5-10-16-23)30(37)27(40-32)20-25-19-26(22-13-7-4-8-14-22)34-36(25)24-17-11-6-12-18-24/h4-20,29H,3H2,1-2H3/b27-20+. The summed E-state index contributed by atoms with van der Waals surface area (Å²) in [5.74, 6) is -0.471. The average molecular weight is 547 g/mol. The Morgan fingerprint density at radius 3 is 2.30 bits per heavy atom. The van der Waals surface area contributed by atoms with Crippen LogP contribution < -0.4 is 14.9 Å². The Kier molecular flexibility index (Phi) is 6.84. The van der Waals surface area contributed by atoms with Gasteiger partial charge in [0.1, 0.15) is 0 Å². The summed E-state index contributed by atoms with van der Waals surface area (Å²) in [7, 11) is 0. The minimum absolute atomic E-state index is 0.228. The summed E-state index contributed by atoms with van der Waals surface area (Å²) < 4.78 is 9.32. The van der Waals surface area contributed by atoms with Gasteiger partial charge in [-0.15, -0.1) is 0 Å². The summed E-state index contributed by atoms with van der Waals surface area (Å²) in [6.07, 6.45) is 1.85. The molecule has 1 atom stereocenters. The Morgan fingerprint density at radius 2 is 1.62 bits per heavy atom. The summed E-state index contributed by atoms with van der Waals surface area (Å²) in [6, 6.07) is 30.6. The molecule has 6 rings (SSSR count). The van der Waals surface area contributed by atoms with E-state index in [2.05, 4.69) is 4.99 Å². The molecule has 7 nitrogen and oxygen atoms in total. The van der Waals surface area contributed by atoms with Gasteiger partial charge in [0.15, 0.2) is 4.80 Å². The Bertz CT molecular complexity index is 1900. The lowest BCUT2D eigenvalue weighted by atomic mass is 9.96. The highest BCUT2D eigenvalue weighted by Gasteiger charge is 2.33. The molecule has 1 unspecified atom stereocenters. The second kappa shape index (κ2) is 10.7. The van der Waals surface area contributed by atoms with Crippen LogP contribution in [0.2, 0.25) is 0 Å². The quantitative estimate of drug-likeness (QED) is 0.291. The van der Waals surface area contributed by atoms with E-state index in [-0.39, 0.29) is 12.2 Å². The van der Waals surface area contributed by atoms with Gasteiger partial charge in [-0.1, -0.05) is 90.2 Å². The monoisotopic (exact) mass is 546 g/mol. The lowest BCUT2D eigenvalue weighted by Crippen LogP contribution is -2.39. The van der Waals surface area contributed by atoms with Gasteiger partial charge in [-0.3, -0.25) is 9.36 Å². The Morgan fingerprint density at radius 1 is 0.975 bits per heavy atom. The molecule has 2 aromatic heterocycles. The molecule has 0 aliphatic carbocycles. The van der Waals surface area contributed by atoms with Gasteiger partial charge in [0, 0.05) is 5.56 Å². The maximum Gasteiger partial charge on any atom is 0.338 e. The second-order valence-corrected chi connectivity index (χ2v) is 10.3. The van der Waals surface area contributed by atoms with Gasteiger partial charge >= 0.3 is 5.97 Å². The highest BCUT2D eigenvalue weighted by Crippen LogP contribution is 2.30. The molecular formula is C32H26N4O3S. The molecule has 198 valence electrons. The number of thiazole rings is 1. The first-order valence-electron chi connectivity index (χ1n) is 13.0. The van der Waals surface area contributed by atoms with Crippen molar-refractivity contribution in [3.63, 3.8) is 0 Å². The molecule has 3 heterocycles. The third-order valence-electron chi connectivity index (χ3n) is 6.72. The Balaban J connectivity index is 1.56. The highest BCUT2D eigenvalue weighted by molar-refractivity contribution is 7.07. The molecule has 8 heteroatoms. The minimum atomic E-state index is -0.641. The SMILES string of the molecule is CCOC(=O)C1=C(C)N=c2s/c(=C/c3cc(-c4ccccc4)nn3-c3ccccc3)c(=O)n2C1c1ccccc1. The normalized spacial score (nSPS) is 15.1. The zero-order chi connectivity index (χ0) is 27.6. The van der Waals surface area contributed by atoms with Crippen molar-refractivity contribution in [3.8, 4) is 16.9 Å². The molecule has 0 amide bonds. The zero-order valence-electron chi connectivity index (χ0n) is 22.0. The molecule has 0 saturated carbocycles. The number of esters is 1. The summed E-state index contributed by atoms with van der Waals surface area (Å²) in [6.45, 7) is 3.78. The predicted octanol–water partition coefficient (Wildman–Crippen LogP) is 4.65. The molecular weight excluding hydrogens is 520 g/mol. The smallest absolute Gasteiger partial charge is 0.338 e. The topological polar surface area (TPSA) is 78.5 Å². The average Bonchev–Trinajstić information content (AvgIpc) is 3.54. The molecule has 5 aromatic rings. The maximum absolute atomic E-state index is 14.0. The van der Waals surface area contributed by atoms with Crippen LogP contribution in [0.25, 0.3) is 23.0 Å². The number of allylic oxidation sites excluding steroid dienone is 1. The number of nitrogens with zero attached hydrogens (tertiary/aromatic N) is 4. The number of aromatic nitrogens is 3. The van der Waals surface area contributed by atoms with Crippen LogP contribution >= 0.6 is 11.3 Å². The van der Waals surface area contributed by atoms with Crippen LogP contribution in [0.3, 0.4) is 0 Å². The van der Waals surface area contributed by atoms with E-state index in [0.717, 1.165) is 28.2 Å². The second-order valence-electron chi connectivity index (χ2n) is 9.28. The van der Waals surface area contributed by atoms with Crippen LogP contribution in [-0.4, -0.2) is 26.9 Å². The molecule has 0 saturated heterocycles. The number of ether oxygens (including phenoxy) is 1. The van der Waals surface area contributed by atoms with E-state index < -0.39 is 12.0 Å². The fraction of sp³-hybridized carbons (Fsp3) is 0.125. The molecule has 0 spiro atoms. The molecule has 0 N–H and O–H groups in total. The van der Waals surface area contributed by atoms with Crippen molar-refractivity contribution in [2.75, 3.05) is 6.61 Å². The molecule has 1 aliphatic heterocycles. The number of para-hydroxylation sites is 1. The number of fused-ring (bicyclic) bond motifs is 1. The first-order chi connectivity index (χ1) is 19.5. The van der Waals surface area contributed by atoms with Gasteiger partial charge in [0.25, 0.3) is 5.56 Å². The van der Waals surface area contributed by atoms with Crippen molar-refractivity contribution in [2.24, 2.45) is 4.99 Å². The largest absolute Gasteiger partial charge is 0.463 e. The third kappa shape index (κ3) is 4.63. The first kappa shape index (κ1) is 25.5. The highest BCUT2D eigenvalue weighted by atomic mass is 32.1.